The van der Waals surface area contributed by atoms with Crippen LogP contribution in [-0.4, -0.2) is 16.0 Å². The number of halogens is 1. The van der Waals surface area contributed by atoms with E-state index in [0.717, 1.165) is 16.2 Å². The highest BCUT2D eigenvalue weighted by Gasteiger charge is 2.20. The first-order valence-electron chi connectivity index (χ1n) is 5.69. The van der Waals surface area contributed by atoms with E-state index in [0.29, 0.717) is 11.9 Å². The first kappa shape index (κ1) is 11.6. The smallest absolute Gasteiger partial charge is 0.146 e. The van der Waals surface area contributed by atoms with Crippen LogP contribution >= 0.6 is 15.9 Å². The fourth-order valence-electron chi connectivity index (χ4n) is 2.24. The molecule has 2 rings (SSSR count). The van der Waals surface area contributed by atoms with E-state index < -0.39 is 0 Å². The third-order valence-corrected chi connectivity index (χ3v) is 3.88. The molecule has 88 valence electrons. The van der Waals surface area contributed by atoms with E-state index >= 15 is 0 Å². The molecule has 3 N–H and O–H groups in total. The fourth-order valence-corrected chi connectivity index (χ4v) is 2.56. The van der Waals surface area contributed by atoms with Gasteiger partial charge in [-0.25, -0.2) is 9.97 Å². The second-order valence-corrected chi connectivity index (χ2v) is 5.33. The van der Waals surface area contributed by atoms with Gasteiger partial charge >= 0.3 is 0 Å². The highest BCUT2D eigenvalue weighted by atomic mass is 79.9. The van der Waals surface area contributed by atoms with Gasteiger partial charge in [0.15, 0.2) is 0 Å². The summed E-state index contributed by atoms with van der Waals surface area (Å²) in [5.41, 5.74) is 5.72. The van der Waals surface area contributed by atoms with Gasteiger partial charge in [-0.05, 0) is 34.7 Å². The van der Waals surface area contributed by atoms with Crippen LogP contribution in [0.4, 0.5) is 11.6 Å². The first-order chi connectivity index (χ1) is 7.66. The number of aromatic nitrogens is 2. The number of nitrogens with zero attached hydrogens (tertiary/aromatic N) is 2. The number of anilines is 2. The van der Waals surface area contributed by atoms with Crippen LogP contribution in [-0.2, 0) is 0 Å². The molecular weight excluding hydrogens is 268 g/mol. The van der Waals surface area contributed by atoms with Crippen molar-refractivity contribution in [2.75, 3.05) is 11.1 Å². The van der Waals surface area contributed by atoms with E-state index in [-0.39, 0.29) is 0 Å². The zero-order valence-electron chi connectivity index (χ0n) is 9.41. The lowest BCUT2D eigenvalue weighted by atomic mass is 9.87. The molecule has 16 heavy (non-hydrogen) atoms. The first-order valence-corrected chi connectivity index (χ1v) is 6.48. The summed E-state index contributed by atoms with van der Waals surface area (Å²) in [4.78, 5) is 8.14. The molecule has 0 amide bonds. The molecule has 1 heterocycles. The molecule has 1 aliphatic rings. The maximum Gasteiger partial charge on any atom is 0.146 e. The Morgan fingerprint density at radius 1 is 1.44 bits per heavy atom. The standard InChI is InChI=1S/C11H17BrN4/c1-7-3-2-4-8(5-7)16-11-9(12)10(13)14-6-15-11/h6-8H,2-5H2,1H3,(H3,13,14,15,16). The lowest BCUT2D eigenvalue weighted by Gasteiger charge is -2.28. The average molecular weight is 285 g/mol. The predicted octanol–water partition coefficient (Wildman–Crippen LogP) is 2.81. The van der Waals surface area contributed by atoms with Crippen molar-refractivity contribution in [1.82, 2.24) is 9.97 Å². The van der Waals surface area contributed by atoms with Crippen LogP contribution in [0.1, 0.15) is 32.6 Å². The minimum absolute atomic E-state index is 0.487. The normalized spacial score (nSPS) is 25.4. The van der Waals surface area contributed by atoms with Crippen molar-refractivity contribution in [3.63, 3.8) is 0 Å². The third-order valence-electron chi connectivity index (χ3n) is 3.09. The van der Waals surface area contributed by atoms with E-state index in [2.05, 4.69) is 38.1 Å². The molecule has 1 aromatic heterocycles. The van der Waals surface area contributed by atoms with Crippen LogP contribution in [0.25, 0.3) is 0 Å². The zero-order valence-corrected chi connectivity index (χ0v) is 11.0. The molecule has 0 radical (unpaired) electrons. The van der Waals surface area contributed by atoms with Gasteiger partial charge in [0.25, 0.3) is 0 Å². The Labute approximate surface area is 104 Å². The number of nitrogen functional groups attached to an aromatic ring is 1. The maximum atomic E-state index is 5.72. The second-order valence-electron chi connectivity index (χ2n) is 4.53. The Kier molecular flexibility index (Phi) is 3.63. The number of hydrogen-bond acceptors (Lipinski definition) is 4. The van der Waals surface area contributed by atoms with Crippen LogP contribution in [0.15, 0.2) is 10.8 Å². The molecule has 0 saturated heterocycles. The molecule has 0 aliphatic heterocycles. The van der Waals surface area contributed by atoms with Crippen LogP contribution in [0.3, 0.4) is 0 Å². The Bertz CT molecular complexity index is 369. The third kappa shape index (κ3) is 2.64. The summed E-state index contributed by atoms with van der Waals surface area (Å²) < 4.78 is 0.772. The number of nitrogens with two attached hydrogens (primary N) is 1. The van der Waals surface area contributed by atoms with Gasteiger partial charge in [0, 0.05) is 6.04 Å². The van der Waals surface area contributed by atoms with Gasteiger partial charge in [-0.3, -0.25) is 0 Å². The summed E-state index contributed by atoms with van der Waals surface area (Å²) in [5.74, 6) is 2.09. The molecule has 2 atom stereocenters. The number of hydrogen-bond donors (Lipinski definition) is 2. The highest BCUT2D eigenvalue weighted by molar-refractivity contribution is 9.10. The van der Waals surface area contributed by atoms with Gasteiger partial charge in [0.2, 0.25) is 0 Å². The molecule has 1 aromatic rings. The van der Waals surface area contributed by atoms with Gasteiger partial charge in [-0.2, -0.15) is 0 Å². The molecule has 1 fully saturated rings. The van der Waals surface area contributed by atoms with E-state index in [4.69, 9.17) is 5.73 Å². The summed E-state index contributed by atoms with van der Waals surface area (Å²) in [5, 5.41) is 3.44. The maximum absolute atomic E-state index is 5.72. The summed E-state index contributed by atoms with van der Waals surface area (Å²) >= 11 is 3.41. The molecule has 0 aromatic carbocycles. The van der Waals surface area contributed by atoms with Gasteiger partial charge in [-0.1, -0.05) is 19.8 Å². The fraction of sp³-hybridized carbons (Fsp3) is 0.636. The Morgan fingerprint density at radius 2 is 2.25 bits per heavy atom. The minimum atomic E-state index is 0.487. The minimum Gasteiger partial charge on any atom is -0.383 e. The summed E-state index contributed by atoms with van der Waals surface area (Å²) in [6.07, 6.45) is 6.54. The molecule has 0 bridgehead atoms. The Morgan fingerprint density at radius 3 is 3.00 bits per heavy atom. The predicted molar refractivity (Wildman–Crippen MR) is 69.2 cm³/mol. The van der Waals surface area contributed by atoms with Crippen LogP contribution in [0.5, 0.6) is 0 Å². The van der Waals surface area contributed by atoms with E-state index in [9.17, 15) is 0 Å². The lowest BCUT2D eigenvalue weighted by Crippen LogP contribution is -2.26. The van der Waals surface area contributed by atoms with Crippen molar-refractivity contribution >= 4 is 27.6 Å². The van der Waals surface area contributed by atoms with Gasteiger partial charge in [-0.15, -0.1) is 0 Å². The molecular formula is C11H17BrN4. The Hall–Kier alpha value is -0.840. The number of nitrogens with one attached hydrogen (secondary N) is 1. The van der Waals surface area contributed by atoms with Crippen molar-refractivity contribution in [3.8, 4) is 0 Å². The van der Waals surface area contributed by atoms with Gasteiger partial charge in [0.05, 0.1) is 0 Å². The lowest BCUT2D eigenvalue weighted by molar-refractivity contribution is 0.358. The molecule has 1 saturated carbocycles. The van der Waals surface area contributed by atoms with Crippen LogP contribution < -0.4 is 11.1 Å². The second kappa shape index (κ2) is 4.99. The largest absolute Gasteiger partial charge is 0.383 e. The van der Waals surface area contributed by atoms with E-state index in [1.54, 1.807) is 0 Å². The SMILES string of the molecule is CC1CCCC(Nc2ncnc(N)c2Br)C1. The quantitative estimate of drug-likeness (QED) is 0.877. The summed E-state index contributed by atoms with van der Waals surface area (Å²) in [6.45, 7) is 2.30. The molecule has 4 nitrogen and oxygen atoms in total. The van der Waals surface area contributed by atoms with Crippen molar-refractivity contribution in [1.29, 1.82) is 0 Å². The monoisotopic (exact) mass is 284 g/mol. The highest BCUT2D eigenvalue weighted by Crippen LogP contribution is 2.29. The summed E-state index contributed by atoms with van der Waals surface area (Å²) in [7, 11) is 0. The van der Waals surface area contributed by atoms with Crippen molar-refractivity contribution in [2.45, 2.75) is 38.6 Å². The average Bonchev–Trinajstić information content (AvgIpc) is 2.25. The number of rotatable bonds is 2. The van der Waals surface area contributed by atoms with Crippen LogP contribution in [0, 0.1) is 5.92 Å². The van der Waals surface area contributed by atoms with Crippen molar-refractivity contribution in [2.24, 2.45) is 5.92 Å². The van der Waals surface area contributed by atoms with Crippen molar-refractivity contribution < 1.29 is 0 Å². The molecule has 1 aliphatic carbocycles. The van der Waals surface area contributed by atoms with Gasteiger partial charge < -0.3 is 11.1 Å². The summed E-state index contributed by atoms with van der Waals surface area (Å²) in [6, 6.07) is 0.509. The topological polar surface area (TPSA) is 63.8 Å². The zero-order chi connectivity index (χ0) is 11.5. The molecule has 2 unspecified atom stereocenters. The molecule has 0 spiro atoms. The Balaban J connectivity index is 2.05. The van der Waals surface area contributed by atoms with E-state index in [1.807, 2.05) is 0 Å². The van der Waals surface area contributed by atoms with Crippen LogP contribution in [0.2, 0.25) is 0 Å². The van der Waals surface area contributed by atoms with Gasteiger partial charge in [0.1, 0.15) is 22.4 Å². The van der Waals surface area contributed by atoms with E-state index in [1.165, 1.54) is 32.0 Å². The van der Waals surface area contributed by atoms with Crippen molar-refractivity contribution in [3.05, 3.63) is 10.8 Å². The molecule has 5 heteroatoms.